The topological polar surface area (TPSA) is 47.2 Å². The number of benzene rings is 2. The van der Waals surface area contributed by atoms with Gasteiger partial charge < -0.3 is 13.9 Å². The molecular formula is C23H21ClN2O3. The molecule has 0 aliphatic carbocycles. The van der Waals surface area contributed by atoms with Crippen LogP contribution in [0, 0.1) is 6.92 Å². The molecule has 2 atom stereocenters. The molecule has 0 radical (unpaired) electrons. The minimum absolute atomic E-state index is 0.0311. The minimum atomic E-state index is -0.402. The molecule has 0 fully saturated rings. The standard InChI is InChI=1S/C23H21ClN2O3/c1-3-27-21-9-5-8-17-19-13-18(20-11-10-14(2)28-20)25-26(19)23(29-22(17)21)15-6-4-7-16(24)12-15/h4-12,19,23H,3,13H2,1-2H3/t19-,23-/m0/s1. The number of hydrogen-bond donors (Lipinski definition) is 0. The highest BCUT2D eigenvalue weighted by Gasteiger charge is 2.42. The van der Waals surface area contributed by atoms with Gasteiger partial charge in [-0.15, -0.1) is 0 Å². The van der Waals surface area contributed by atoms with Crippen LogP contribution in [-0.2, 0) is 0 Å². The fourth-order valence-electron chi connectivity index (χ4n) is 3.97. The highest BCUT2D eigenvalue weighted by Crippen LogP contribution is 2.50. The Labute approximate surface area is 174 Å². The van der Waals surface area contributed by atoms with Crippen molar-refractivity contribution in [3.05, 3.63) is 82.3 Å². The van der Waals surface area contributed by atoms with Gasteiger partial charge in [0.1, 0.15) is 17.2 Å². The molecule has 0 saturated heterocycles. The molecule has 2 aliphatic heterocycles. The number of hydrogen-bond acceptors (Lipinski definition) is 5. The summed E-state index contributed by atoms with van der Waals surface area (Å²) < 4.78 is 18.2. The zero-order valence-electron chi connectivity index (χ0n) is 16.3. The van der Waals surface area contributed by atoms with E-state index < -0.39 is 6.23 Å². The third-order valence-corrected chi connectivity index (χ3v) is 5.47. The second-order valence-corrected chi connectivity index (χ2v) is 7.63. The van der Waals surface area contributed by atoms with E-state index in [0.717, 1.165) is 46.3 Å². The van der Waals surface area contributed by atoms with E-state index in [9.17, 15) is 0 Å². The zero-order chi connectivity index (χ0) is 20.0. The quantitative estimate of drug-likeness (QED) is 0.540. The van der Waals surface area contributed by atoms with E-state index in [1.807, 2.05) is 67.4 Å². The van der Waals surface area contributed by atoms with Crippen molar-refractivity contribution >= 4 is 17.3 Å². The molecule has 0 bridgehead atoms. The van der Waals surface area contributed by atoms with Crippen LogP contribution in [0.2, 0.25) is 5.02 Å². The van der Waals surface area contributed by atoms with Crippen LogP contribution in [0.4, 0.5) is 0 Å². The van der Waals surface area contributed by atoms with Crippen LogP contribution in [0.1, 0.15) is 48.3 Å². The fourth-order valence-corrected chi connectivity index (χ4v) is 4.17. The lowest BCUT2D eigenvalue weighted by molar-refractivity contribution is -0.0212. The molecule has 0 amide bonds. The van der Waals surface area contributed by atoms with Crippen LogP contribution in [0.5, 0.6) is 11.5 Å². The summed E-state index contributed by atoms with van der Waals surface area (Å²) in [4.78, 5) is 0. The first-order valence-electron chi connectivity index (χ1n) is 9.74. The van der Waals surface area contributed by atoms with Crippen LogP contribution in [0.15, 0.2) is 64.1 Å². The third-order valence-electron chi connectivity index (χ3n) is 5.24. The maximum Gasteiger partial charge on any atom is 0.214 e. The molecule has 5 rings (SSSR count). The van der Waals surface area contributed by atoms with Gasteiger partial charge in [0.05, 0.1) is 12.6 Å². The number of ether oxygens (including phenoxy) is 2. The van der Waals surface area contributed by atoms with Crippen molar-refractivity contribution in [2.75, 3.05) is 6.61 Å². The molecule has 0 saturated carbocycles. The normalized spacial score (nSPS) is 20.0. The predicted molar refractivity (Wildman–Crippen MR) is 112 cm³/mol. The molecule has 0 N–H and O–H groups in total. The molecule has 3 aromatic rings. The van der Waals surface area contributed by atoms with Crippen LogP contribution in [-0.4, -0.2) is 17.3 Å². The monoisotopic (exact) mass is 408 g/mol. The van der Waals surface area contributed by atoms with Gasteiger partial charge in [-0.2, -0.15) is 5.10 Å². The van der Waals surface area contributed by atoms with Gasteiger partial charge in [0.2, 0.25) is 6.23 Å². The maximum atomic E-state index is 6.46. The molecule has 1 aromatic heterocycles. The second-order valence-electron chi connectivity index (χ2n) is 7.19. The average molecular weight is 409 g/mol. The Morgan fingerprint density at radius 2 is 2.03 bits per heavy atom. The van der Waals surface area contributed by atoms with Gasteiger partial charge in [-0.05, 0) is 44.2 Å². The Balaban J connectivity index is 1.62. The van der Waals surface area contributed by atoms with E-state index in [0.29, 0.717) is 11.6 Å². The van der Waals surface area contributed by atoms with E-state index in [2.05, 4.69) is 6.07 Å². The number of hydrazone groups is 1. The van der Waals surface area contributed by atoms with Crippen molar-refractivity contribution in [3.63, 3.8) is 0 Å². The van der Waals surface area contributed by atoms with Gasteiger partial charge in [0.15, 0.2) is 11.5 Å². The van der Waals surface area contributed by atoms with Crippen molar-refractivity contribution in [2.45, 2.75) is 32.5 Å². The first kappa shape index (κ1) is 18.1. The van der Waals surface area contributed by atoms with E-state index in [1.54, 1.807) is 0 Å². The van der Waals surface area contributed by atoms with E-state index >= 15 is 0 Å². The van der Waals surface area contributed by atoms with Gasteiger partial charge in [0, 0.05) is 22.6 Å². The average Bonchev–Trinajstić information content (AvgIpc) is 3.34. The Kier molecular flexibility index (Phi) is 4.47. The van der Waals surface area contributed by atoms with Crippen LogP contribution in [0.25, 0.3) is 0 Å². The number of fused-ring (bicyclic) bond motifs is 3. The molecule has 2 aromatic carbocycles. The van der Waals surface area contributed by atoms with Gasteiger partial charge >= 0.3 is 0 Å². The lowest BCUT2D eigenvalue weighted by Crippen LogP contribution is -2.33. The van der Waals surface area contributed by atoms with Gasteiger partial charge in [-0.1, -0.05) is 35.9 Å². The summed E-state index contributed by atoms with van der Waals surface area (Å²) in [6.45, 7) is 4.48. The highest BCUT2D eigenvalue weighted by molar-refractivity contribution is 6.30. The molecule has 3 heterocycles. The van der Waals surface area contributed by atoms with E-state index in [4.69, 9.17) is 30.6 Å². The van der Waals surface area contributed by atoms with Crippen LogP contribution < -0.4 is 9.47 Å². The van der Waals surface area contributed by atoms with Crippen molar-refractivity contribution < 1.29 is 13.9 Å². The summed E-state index contributed by atoms with van der Waals surface area (Å²) >= 11 is 6.27. The number of furan rings is 1. The van der Waals surface area contributed by atoms with E-state index in [1.165, 1.54) is 0 Å². The fraction of sp³-hybridized carbons (Fsp3) is 0.261. The van der Waals surface area contributed by atoms with Crippen LogP contribution >= 0.6 is 11.6 Å². The lowest BCUT2D eigenvalue weighted by Gasteiger charge is -2.38. The summed E-state index contributed by atoms with van der Waals surface area (Å²) in [6.07, 6.45) is 0.331. The number of halogens is 1. The molecular weight excluding hydrogens is 388 g/mol. The van der Waals surface area contributed by atoms with Gasteiger partial charge in [0.25, 0.3) is 0 Å². The van der Waals surface area contributed by atoms with E-state index in [-0.39, 0.29) is 6.04 Å². The highest BCUT2D eigenvalue weighted by atomic mass is 35.5. The molecule has 2 aliphatic rings. The number of rotatable bonds is 4. The van der Waals surface area contributed by atoms with Gasteiger partial charge in [-0.3, -0.25) is 0 Å². The summed E-state index contributed by atoms with van der Waals surface area (Å²) in [5.41, 5.74) is 2.92. The summed E-state index contributed by atoms with van der Waals surface area (Å²) in [5, 5.41) is 7.58. The SMILES string of the molecule is CCOc1cccc2c1O[C@@H](c1cccc(Cl)c1)N1N=C(c3ccc(C)o3)C[C@@H]21. The summed E-state index contributed by atoms with van der Waals surface area (Å²) in [5.74, 6) is 3.19. The predicted octanol–water partition coefficient (Wildman–Crippen LogP) is 5.88. The number of aryl methyl sites for hydroxylation is 1. The molecule has 148 valence electrons. The number of para-hydroxylation sites is 1. The first-order valence-corrected chi connectivity index (χ1v) is 10.1. The molecule has 6 heteroatoms. The van der Waals surface area contributed by atoms with Gasteiger partial charge in [-0.25, -0.2) is 5.01 Å². The van der Waals surface area contributed by atoms with Crippen molar-refractivity contribution in [2.24, 2.45) is 5.10 Å². The smallest absolute Gasteiger partial charge is 0.214 e. The summed E-state index contributed by atoms with van der Waals surface area (Å²) in [7, 11) is 0. The molecule has 5 nitrogen and oxygen atoms in total. The first-order chi connectivity index (χ1) is 14.1. The van der Waals surface area contributed by atoms with Crippen molar-refractivity contribution in [1.29, 1.82) is 0 Å². The molecule has 0 spiro atoms. The maximum absolute atomic E-state index is 6.46. The Bertz CT molecular complexity index is 1090. The Morgan fingerprint density at radius 3 is 2.79 bits per heavy atom. The largest absolute Gasteiger partial charge is 0.490 e. The number of nitrogens with zero attached hydrogens (tertiary/aromatic N) is 2. The molecule has 0 unspecified atom stereocenters. The Hall–Kier alpha value is -2.92. The van der Waals surface area contributed by atoms with Crippen LogP contribution in [0.3, 0.4) is 0 Å². The summed E-state index contributed by atoms with van der Waals surface area (Å²) in [6, 6.07) is 17.7. The minimum Gasteiger partial charge on any atom is -0.490 e. The van der Waals surface area contributed by atoms with Crippen molar-refractivity contribution in [3.8, 4) is 11.5 Å². The second kappa shape index (κ2) is 7.16. The third kappa shape index (κ3) is 3.15. The lowest BCUT2D eigenvalue weighted by atomic mass is 9.97. The molecule has 29 heavy (non-hydrogen) atoms. The zero-order valence-corrected chi connectivity index (χ0v) is 17.0. The Morgan fingerprint density at radius 1 is 1.17 bits per heavy atom. The van der Waals surface area contributed by atoms with Crippen molar-refractivity contribution in [1.82, 2.24) is 5.01 Å².